The molecular weight excluding hydrogens is 212 g/mol. The van der Waals surface area contributed by atoms with Gasteiger partial charge in [0.15, 0.2) is 0 Å². The van der Waals surface area contributed by atoms with Crippen molar-refractivity contribution < 1.29 is 5.21 Å². The van der Waals surface area contributed by atoms with Gasteiger partial charge >= 0.3 is 0 Å². The summed E-state index contributed by atoms with van der Waals surface area (Å²) in [6.07, 6.45) is 2.95. The minimum atomic E-state index is 0.276. The lowest BCUT2D eigenvalue weighted by Gasteiger charge is -2.09. The highest BCUT2D eigenvalue weighted by molar-refractivity contribution is 6.02. The molecule has 3 rings (SSSR count). The van der Waals surface area contributed by atoms with Crippen LogP contribution in [0.5, 0.6) is 0 Å². The van der Waals surface area contributed by atoms with Gasteiger partial charge in [-0.25, -0.2) is 0 Å². The number of benzene rings is 1. The lowest BCUT2D eigenvalue weighted by molar-refractivity contribution is 0.315. The highest BCUT2D eigenvalue weighted by Crippen LogP contribution is 2.25. The monoisotopic (exact) mass is 226 g/mol. The van der Waals surface area contributed by atoms with Gasteiger partial charge in [-0.05, 0) is 24.1 Å². The number of fused-ring (bicyclic) bond motifs is 1. The zero-order chi connectivity index (χ0) is 11.7. The quantitative estimate of drug-likeness (QED) is 0.620. The second-order valence-corrected chi connectivity index (χ2v) is 4.42. The largest absolute Gasteiger partial charge is 0.411 e. The lowest BCUT2D eigenvalue weighted by Crippen LogP contribution is -2.13. The van der Waals surface area contributed by atoms with Gasteiger partial charge in [-0.2, -0.15) is 0 Å². The Bertz CT molecular complexity index is 542. The van der Waals surface area contributed by atoms with Crippen LogP contribution in [0.3, 0.4) is 0 Å². The van der Waals surface area contributed by atoms with Crippen LogP contribution >= 0.6 is 0 Å². The molecule has 2 heterocycles. The Balaban J connectivity index is 1.85. The van der Waals surface area contributed by atoms with Crippen molar-refractivity contribution >= 4 is 5.71 Å². The zero-order valence-electron chi connectivity index (χ0n) is 9.45. The summed E-state index contributed by atoms with van der Waals surface area (Å²) in [6, 6.07) is 14.3. The van der Waals surface area contributed by atoms with E-state index in [0.29, 0.717) is 0 Å². The summed E-state index contributed by atoms with van der Waals surface area (Å²) >= 11 is 0. The molecule has 0 amide bonds. The van der Waals surface area contributed by atoms with E-state index in [1.165, 1.54) is 5.56 Å². The molecule has 1 aromatic carbocycles. The predicted molar refractivity (Wildman–Crippen MR) is 66.4 cm³/mol. The first-order valence-corrected chi connectivity index (χ1v) is 5.80. The molecule has 1 aliphatic rings. The molecule has 1 atom stereocenters. The molecule has 0 aliphatic carbocycles. The van der Waals surface area contributed by atoms with Gasteiger partial charge < -0.3 is 9.77 Å². The van der Waals surface area contributed by atoms with Crippen molar-refractivity contribution in [1.82, 2.24) is 4.57 Å². The van der Waals surface area contributed by atoms with E-state index in [1.54, 1.807) is 0 Å². The molecule has 0 fully saturated rings. The van der Waals surface area contributed by atoms with Crippen LogP contribution in [0.4, 0.5) is 0 Å². The first kappa shape index (κ1) is 10.1. The molecule has 0 radical (unpaired) electrons. The van der Waals surface area contributed by atoms with Crippen LogP contribution < -0.4 is 0 Å². The van der Waals surface area contributed by atoms with Crippen molar-refractivity contribution in [2.24, 2.45) is 11.1 Å². The second-order valence-electron chi connectivity index (χ2n) is 4.42. The van der Waals surface area contributed by atoms with Gasteiger partial charge in [0.1, 0.15) is 5.71 Å². The van der Waals surface area contributed by atoms with Crippen LogP contribution in [0.2, 0.25) is 0 Å². The molecule has 1 aliphatic heterocycles. The van der Waals surface area contributed by atoms with E-state index >= 15 is 0 Å². The zero-order valence-corrected chi connectivity index (χ0v) is 9.45. The molecule has 0 spiro atoms. The number of hydrogen-bond acceptors (Lipinski definition) is 2. The Morgan fingerprint density at radius 1 is 1.18 bits per heavy atom. The van der Waals surface area contributed by atoms with Crippen molar-refractivity contribution in [1.29, 1.82) is 0 Å². The molecule has 0 saturated carbocycles. The van der Waals surface area contributed by atoms with Crippen molar-refractivity contribution in [2.45, 2.75) is 13.0 Å². The predicted octanol–water partition coefficient (Wildman–Crippen LogP) is 2.54. The van der Waals surface area contributed by atoms with Crippen molar-refractivity contribution in [3.8, 4) is 0 Å². The summed E-state index contributed by atoms with van der Waals surface area (Å²) in [6.45, 7) is 0.899. The van der Waals surface area contributed by atoms with E-state index in [9.17, 15) is 0 Å². The molecule has 1 N–H and O–H groups in total. The smallest absolute Gasteiger partial charge is 0.108 e. The van der Waals surface area contributed by atoms with Gasteiger partial charge in [-0.1, -0.05) is 35.5 Å². The van der Waals surface area contributed by atoms with Gasteiger partial charge in [0.05, 0.1) is 5.69 Å². The molecule has 17 heavy (non-hydrogen) atoms. The fourth-order valence-electron chi connectivity index (χ4n) is 2.53. The van der Waals surface area contributed by atoms with Gasteiger partial charge in [-0.3, -0.25) is 0 Å². The maximum absolute atomic E-state index is 9.15. The highest BCUT2D eigenvalue weighted by atomic mass is 16.4. The summed E-state index contributed by atoms with van der Waals surface area (Å²) in [4.78, 5) is 0. The number of hydrogen-bond donors (Lipinski definition) is 1. The number of nitrogens with zero attached hydrogens (tertiary/aromatic N) is 2. The molecule has 3 nitrogen and oxygen atoms in total. The SMILES string of the molecule is O/N=C1\c2cccn2CC1Cc1ccccc1. The highest BCUT2D eigenvalue weighted by Gasteiger charge is 2.28. The molecular formula is C14H14N2O. The van der Waals surface area contributed by atoms with Gasteiger partial charge in [0.2, 0.25) is 0 Å². The van der Waals surface area contributed by atoms with Crippen molar-refractivity contribution in [3.63, 3.8) is 0 Å². The second kappa shape index (κ2) is 4.09. The van der Waals surface area contributed by atoms with Crippen LogP contribution in [0.25, 0.3) is 0 Å². The Labute approximate surface area is 100 Å². The average Bonchev–Trinajstić information content (AvgIpc) is 2.90. The number of aromatic nitrogens is 1. The minimum absolute atomic E-state index is 0.276. The van der Waals surface area contributed by atoms with E-state index < -0.39 is 0 Å². The average molecular weight is 226 g/mol. The first-order chi connectivity index (χ1) is 8.38. The lowest BCUT2D eigenvalue weighted by atomic mass is 9.95. The van der Waals surface area contributed by atoms with E-state index in [4.69, 9.17) is 5.21 Å². The molecule has 0 saturated heterocycles. The van der Waals surface area contributed by atoms with Crippen LogP contribution in [0.15, 0.2) is 53.8 Å². The summed E-state index contributed by atoms with van der Waals surface area (Å²) in [5.74, 6) is 0.276. The van der Waals surface area contributed by atoms with E-state index in [0.717, 1.165) is 24.4 Å². The summed E-state index contributed by atoms with van der Waals surface area (Å²) < 4.78 is 2.14. The topological polar surface area (TPSA) is 37.5 Å². The van der Waals surface area contributed by atoms with Gasteiger partial charge in [0.25, 0.3) is 0 Å². The van der Waals surface area contributed by atoms with Gasteiger partial charge in [0, 0.05) is 18.7 Å². The summed E-state index contributed by atoms with van der Waals surface area (Å²) in [5.41, 5.74) is 3.12. The Hall–Kier alpha value is -2.03. The number of rotatable bonds is 2. The van der Waals surface area contributed by atoms with Crippen molar-refractivity contribution in [3.05, 3.63) is 59.9 Å². The van der Waals surface area contributed by atoms with E-state index in [1.807, 2.05) is 36.5 Å². The molecule has 2 aromatic rings. The van der Waals surface area contributed by atoms with Crippen LogP contribution in [-0.2, 0) is 13.0 Å². The third-order valence-electron chi connectivity index (χ3n) is 3.33. The molecule has 3 heteroatoms. The summed E-state index contributed by atoms with van der Waals surface area (Å²) in [5, 5.41) is 12.6. The van der Waals surface area contributed by atoms with Crippen LogP contribution in [-0.4, -0.2) is 15.5 Å². The first-order valence-electron chi connectivity index (χ1n) is 5.80. The molecule has 86 valence electrons. The normalized spacial score (nSPS) is 20.7. The molecule has 1 aromatic heterocycles. The van der Waals surface area contributed by atoms with Crippen LogP contribution in [0.1, 0.15) is 11.3 Å². The van der Waals surface area contributed by atoms with Crippen molar-refractivity contribution in [2.75, 3.05) is 0 Å². The van der Waals surface area contributed by atoms with E-state index in [-0.39, 0.29) is 5.92 Å². The van der Waals surface area contributed by atoms with E-state index in [2.05, 4.69) is 21.9 Å². The summed E-state index contributed by atoms with van der Waals surface area (Å²) in [7, 11) is 0. The van der Waals surface area contributed by atoms with Crippen LogP contribution in [0, 0.1) is 5.92 Å². The molecule has 0 bridgehead atoms. The minimum Gasteiger partial charge on any atom is -0.411 e. The standard InChI is InChI=1S/C14H14N2O/c17-15-14-12(9-11-5-2-1-3-6-11)10-16-8-4-7-13(14)16/h1-8,12,17H,9-10H2/b15-14-. The number of oxime groups is 1. The fourth-order valence-corrected chi connectivity index (χ4v) is 2.53. The third kappa shape index (κ3) is 1.73. The fraction of sp³-hybridized carbons (Fsp3) is 0.214. The molecule has 1 unspecified atom stereocenters. The third-order valence-corrected chi connectivity index (χ3v) is 3.33. The Kier molecular flexibility index (Phi) is 2.44. The Morgan fingerprint density at radius 2 is 2.00 bits per heavy atom. The maximum atomic E-state index is 9.15. The van der Waals surface area contributed by atoms with Gasteiger partial charge in [-0.15, -0.1) is 0 Å². The maximum Gasteiger partial charge on any atom is 0.108 e. The Morgan fingerprint density at radius 3 is 2.76 bits per heavy atom.